The Labute approximate surface area is 122 Å². The number of alkyl halides is 3. The highest BCUT2D eigenvalue weighted by Gasteiger charge is 2.29. The number of rotatable bonds is 4. The number of aryl methyl sites for hydroxylation is 2. The summed E-state index contributed by atoms with van der Waals surface area (Å²) in [5, 5.41) is 9.68. The number of nitrogens with one attached hydrogen (secondary N) is 1. The molecule has 0 atom stereocenters. The molecule has 0 aliphatic rings. The van der Waals surface area contributed by atoms with Gasteiger partial charge in [-0.3, -0.25) is 14.0 Å². The van der Waals surface area contributed by atoms with E-state index in [1.54, 1.807) is 0 Å². The van der Waals surface area contributed by atoms with E-state index < -0.39 is 24.3 Å². The molecule has 0 unspecified atom stereocenters. The van der Waals surface area contributed by atoms with Crippen LogP contribution in [0.3, 0.4) is 0 Å². The average Bonchev–Trinajstić information content (AvgIpc) is 2.85. The van der Waals surface area contributed by atoms with Crippen LogP contribution < -0.4 is 11.0 Å². The minimum atomic E-state index is -4.40. The first-order chi connectivity index (χ1) is 10.2. The molecule has 0 saturated heterocycles. The monoisotopic (exact) mass is 318 g/mol. The highest BCUT2D eigenvalue weighted by atomic mass is 19.4. The van der Waals surface area contributed by atoms with Crippen molar-refractivity contribution in [2.75, 3.05) is 5.32 Å². The highest BCUT2D eigenvalue weighted by Crippen LogP contribution is 2.19. The molecule has 0 radical (unpaired) electrons. The van der Waals surface area contributed by atoms with E-state index in [-0.39, 0.29) is 18.1 Å². The third-order valence-electron chi connectivity index (χ3n) is 2.76. The molecule has 0 fully saturated rings. The molecule has 0 aromatic carbocycles. The van der Waals surface area contributed by atoms with Crippen molar-refractivity contribution < 1.29 is 18.0 Å². The van der Waals surface area contributed by atoms with Gasteiger partial charge in [-0.05, 0) is 6.92 Å². The van der Waals surface area contributed by atoms with Crippen molar-refractivity contribution in [1.82, 2.24) is 24.1 Å². The van der Waals surface area contributed by atoms with Gasteiger partial charge in [-0.15, -0.1) is 0 Å². The van der Waals surface area contributed by atoms with Crippen LogP contribution in [0.2, 0.25) is 0 Å². The van der Waals surface area contributed by atoms with E-state index in [0.717, 1.165) is 9.36 Å². The summed E-state index contributed by atoms with van der Waals surface area (Å²) < 4.78 is 39.8. The molecule has 120 valence electrons. The Kier molecular flexibility index (Phi) is 4.06. The molecular formula is C11H13F3N6O2. The Bertz CT molecular complexity index is 742. The van der Waals surface area contributed by atoms with Crippen LogP contribution in [0.1, 0.15) is 5.69 Å². The van der Waals surface area contributed by atoms with Crippen molar-refractivity contribution in [3.8, 4) is 0 Å². The summed E-state index contributed by atoms with van der Waals surface area (Å²) in [5.74, 6) is -0.631. The standard InChI is InChI=1S/C11H13F3N6O2/c1-7-3-8(17-20(7)5-11(12,13)14)16-9(21)4-19-10(22)18(2)6-15-19/h3,6H,4-5H2,1-2H3,(H,16,17,21). The first-order valence-electron chi connectivity index (χ1n) is 6.15. The Morgan fingerprint density at radius 1 is 1.36 bits per heavy atom. The summed E-state index contributed by atoms with van der Waals surface area (Å²) in [6.45, 7) is -0.156. The van der Waals surface area contributed by atoms with E-state index >= 15 is 0 Å². The highest BCUT2D eigenvalue weighted by molar-refractivity contribution is 5.89. The molecule has 2 rings (SSSR count). The third kappa shape index (κ3) is 3.74. The van der Waals surface area contributed by atoms with Crippen LogP contribution in [0.5, 0.6) is 0 Å². The minimum Gasteiger partial charge on any atom is -0.308 e. The van der Waals surface area contributed by atoms with Crippen LogP contribution in [0, 0.1) is 6.92 Å². The fourth-order valence-corrected chi connectivity index (χ4v) is 1.75. The zero-order valence-corrected chi connectivity index (χ0v) is 11.8. The zero-order valence-electron chi connectivity index (χ0n) is 11.8. The van der Waals surface area contributed by atoms with E-state index in [4.69, 9.17) is 0 Å². The maximum Gasteiger partial charge on any atom is 0.408 e. The van der Waals surface area contributed by atoms with Crippen LogP contribution >= 0.6 is 0 Å². The molecule has 2 aromatic rings. The summed E-state index contributed by atoms with van der Waals surface area (Å²) in [6, 6.07) is 1.31. The molecular weight excluding hydrogens is 305 g/mol. The van der Waals surface area contributed by atoms with E-state index in [1.165, 1.54) is 30.9 Å². The lowest BCUT2D eigenvalue weighted by atomic mass is 10.4. The second-order valence-electron chi connectivity index (χ2n) is 4.67. The number of carbonyl (C=O) groups is 1. The molecule has 0 aliphatic heterocycles. The van der Waals surface area contributed by atoms with Crippen molar-refractivity contribution >= 4 is 11.7 Å². The van der Waals surface area contributed by atoms with E-state index in [9.17, 15) is 22.8 Å². The van der Waals surface area contributed by atoms with Crippen LogP contribution in [0.15, 0.2) is 17.2 Å². The molecule has 0 bridgehead atoms. The van der Waals surface area contributed by atoms with Crippen molar-refractivity contribution in [2.24, 2.45) is 7.05 Å². The van der Waals surface area contributed by atoms with Gasteiger partial charge in [0.1, 0.15) is 19.4 Å². The molecule has 11 heteroatoms. The predicted octanol–water partition coefficient (Wildman–Crippen LogP) is 0.288. The number of halogens is 3. The summed E-state index contributed by atoms with van der Waals surface area (Å²) in [4.78, 5) is 23.3. The van der Waals surface area contributed by atoms with Crippen molar-refractivity contribution in [2.45, 2.75) is 26.2 Å². The minimum absolute atomic E-state index is 0.0178. The van der Waals surface area contributed by atoms with Crippen LogP contribution in [0.4, 0.5) is 19.0 Å². The van der Waals surface area contributed by atoms with E-state index in [0.29, 0.717) is 0 Å². The lowest BCUT2D eigenvalue weighted by Crippen LogP contribution is -2.29. The molecule has 0 aliphatic carbocycles. The zero-order chi connectivity index (χ0) is 16.5. The topological polar surface area (TPSA) is 86.7 Å². The van der Waals surface area contributed by atoms with Crippen molar-refractivity contribution in [1.29, 1.82) is 0 Å². The fraction of sp³-hybridized carbons (Fsp3) is 0.455. The van der Waals surface area contributed by atoms with Crippen molar-refractivity contribution in [3.05, 3.63) is 28.6 Å². The number of aromatic nitrogens is 5. The lowest BCUT2D eigenvalue weighted by Gasteiger charge is -2.07. The molecule has 22 heavy (non-hydrogen) atoms. The first-order valence-corrected chi connectivity index (χ1v) is 6.15. The molecule has 1 amide bonds. The summed E-state index contributed by atoms with van der Waals surface area (Å²) >= 11 is 0. The second kappa shape index (κ2) is 5.66. The molecule has 8 nitrogen and oxygen atoms in total. The number of anilines is 1. The third-order valence-corrected chi connectivity index (χ3v) is 2.76. The summed E-state index contributed by atoms with van der Waals surface area (Å²) in [7, 11) is 1.48. The molecule has 1 N–H and O–H groups in total. The molecule has 2 heterocycles. The van der Waals surface area contributed by atoms with Gasteiger partial charge in [0.2, 0.25) is 5.91 Å². The largest absolute Gasteiger partial charge is 0.408 e. The van der Waals surface area contributed by atoms with Gasteiger partial charge < -0.3 is 5.32 Å². The summed E-state index contributed by atoms with van der Waals surface area (Å²) in [5.41, 5.74) is -0.225. The maximum atomic E-state index is 12.3. The maximum absolute atomic E-state index is 12.3. The quantitative estimate of drug-likeness (QED) is 0.878. The van der Waals surface area contributed by atoms with Gasteiger partial charge in [-0.2, -0.15) is 23.4 Å². The fourth-order valence-electron chi connectivity index (χ4n) is 1.75. The van der Waals surface area contributed by atoms with Gasteiger partial charge in [-0.25, -0.2) is 9.48 Å². The number of carbonyl (C=O) groups excluding carboxylic acids is 1. The second-order valence-corrected chi connectivity index (χ2v) is 4.67. The average molecular weight is 318 g/mol. The van der Waals surface area contributed by atoms with Gasteiger partial charge >= 0.3 is 11.9 Å². The number of hydrogen-bond acceptors (Lipinski definition) is 4. The van der Waals surface area contributed by atoms with Gasteiger partial charge in [0.05, 0.1) is 0 Å². The number of hydrogen-bond donors (Lipinski definition) is 1. The van der Waals surface area contributed by atoms with Gasteiger partial charge in [-0.1, -0.05) is 0 Å². The first kappa shape index (κ1) is 15.8. The Hall–Kier alpha value is -2.59. The molecule has 0 spiro atoms. The molecule has 2 aromatic heterocycles. The lowest BCUT2D eigenvalue weighted by molar-refractivity contribution is -0.142. The van der Waals surface area contributed by atoms with Crippen LogP contribution in [-0.2, 0) is 24.9 Å². The van der Waals surface area contributed by atoms with Gasteiger partial charge in [0, 0.05) is 18.8 Å². The Balaban J connectivity index is 2.05. The molecule has 0 saturated carbocycles. The number of nitrogens with zero attached hydrogens (tertiary/aromatic N) is 5. The Morgan fingerprint density at radius 3 is 2.59 bits per heavy atom. The van der Waals surface area contributed by atoms with Gasteiger partial charge in [0.25, 0.3) is 0 Å². The summed E-state index contributed by atoms with van der Waals surface area (Å²) in [6.07, 6.45) is -3.16. The Morgan fingerprint density at radius 2 is 2.05 bits per heavy atom. The van der Waals surface area contributed by atoms with Crippen LogP contribution in [-0.4, -0.2) is 36.2 Å². The van der Waals surface area contributed by atoms with E-state index in [1.807, 2.05) is 0 Å². The predicted molar refractivity (Wildman–Crippen MR) is 69.1 cm³/mol. The smallest absolute Gasteiger partial charge is 0.308 e. The number of amides is 1. The normalized spacial score (nSPS) is 11.7. The van der Waals surface area contributed by atoms with Crippen LogP contribution in [0.25, 0.3) is 0 Å². The van der Waals surface area contributed by atoms with E-state index in [2.05, 4.69) is 15.5 Å². The van der Waals surface area contributed by atoms with Crippen molar-refractivity contribution in [3.63, 3.8) is 0 Å². The SMILES string of the molecule is Cc1cc(NC(=O)Cn2ncn(C)c2=O)nn1CC(F)(F)F. The van der Waals surface area contributed by atoms with Gasteiger partial charge in [0.15, 0.2) is 5.82 Å².